The van der Waals surface area contributed by atoms with Crippen LogP contribution in [0.25, 0.3) is 0 Å². The third-order valence-electron chi connectivity index (χ3n) is 4.11. The monoisotopic (exact) mass is 490 g/mol. The van der Waals surface area contributed by atoms with Crippen LogP contribution in [0.2, 0.25) is 0 Å². The predicted molar refractivity (Wildman–Crippen MR) is 104 cm³/mol. The molecule has 0 spiro atoms. The van der Waals surface area contributed by atoms with Gasteiger partial charge < -0.3 is 4.90 Å². The molecule has 2 aromatic carbocycles. The zero-order valence-electron chi connectivity index (χ0n) is 13.3. The first-order valence-electron chi connectivity index (χ1n) is 7.85. The Morgan fingerprint density at radius 1 is 1.04 bits per heavy atom. The Bertz CT molecular complexity index is 844. The van der Waals surface area contributed by atoms with Crippen molar-refractivity contribution >= 4 is 47.6 Å². The number of rotatable bonds is 5. The molecule has 2 aromatic rings. The van der Waals surface area contributed by atoms with Gasteiger partial charge in [-0.05, 0) is 74.5 Å². The fourth-order valence-electron chi connectivity index (χ4n) is 2.84. The fraction of sp³-hybridized carbons (Fsp3) is 0.294. The summed E-state index contributed by atoms with van der Waals surface area (Å²) in [5, 5.41) is 0. The van der Waals surface area contributed by atoms with Crippen LogP contribution >= 0.6 is 31.9 Å². The summed E-state index contributed by atoms with van der Waals surface area (Å²) < 4.78 is 41.3. The number of benzene rings is 2. The molecule has 0 atom stereocenters. The van der Waals surface area contributed by atoms with Crippen molar-refractivity contribution in [2.24, 2.45) is 0 Å². The lowest BCUT2D eigenvalue weighted by atomic mass is 10.2. The van der Waals surface area contributed by atoms with Gasteiger partial charge in [-0.1, -0.05) is 12.1 Å². The van der Waals surface area contributed by atoms with Gasteiger partial charge >= 0.3 is 0 Å². The fourth-order valence-corrected chi connectivity index (χ4v) is 6.38. The van der Waals surface area contributed by atoms with E-state index in [4.69, 9.17) is 0 Å². The number of anilines is 1. The van der Waals surface area contributed by atoms with Crippen LogP contribution < -0.4 is 9.62 Å². The lowest BCUT2D eigenvalue weighted by molar-refractivity contribution is 0.579. The standard InChI is InChI=1S/C17H17Br2FN2O2S/c18-15-9-13(20)10-16(19)17(15)25(23,24)21-11-12-3-5-14(6-4-12)22-7-1-2-8-22/h3-6,9-10,21H,1-2,7-8,11H2. The van der Waals surface area contributed by atoms with Crippen LogP contribution in [0.3, 0.4) is 0 Å². The molecule has 1 aliphatic rings. The molecule has 25 heavy (non-hydrogen) atoms. The lowest BCUT2D eigenvalue weighted by Crippen LogP contribution is -2.24. The molecule has 1 fully saturated rings. The highest BCUT2D eigenvalue weighted by Gasteiger charge is 2.22. The van der Waals surface area contributed by atoms with Crippen molar-refractivity contribution < 1.29 is 12.8 Å². The Kier molecular flexibility index (Phi) is 5.82. The van der Waals surface area contributed by atoms with Crippen LogP contribution in [0.4, 0.5) is 10.1 Å². The maximum atomic E-state index is 13.3. The number of nitrogens with zero attached hydrogens (tertiary/aromatic N) is 1. The Morgan fingerprint density at radius 3 is 2.16 bits per heavy atom. The first-order valence-corrected chi connectivity index (χ1v) is 10.9. The largest absolute Gasteiger partial charge is 0.372 e. The smallest absolute Gasteiger partial charge is 0.243 e. The van der Waals surface area contributed by atoms with Gasteiger partial charge in [0.25, 0.3) is 0 Å². The molecule has 4 nitrogen and oxygen atoms in total. The maximum Gasteiger partial charge on any atom is 0.243 e. The van der Waals surface area contributed by atoms with E-state index in [9.17, 15) is 12.8 Å². The third-order valence-corrected chi connectivity index (χ3v) is 7.38. The second-order valence-corrected chi connectivity index (χ2v) is 9.30. The second kappa shape index (κ2) is 7.73. The summed E-state index contributed by atoms with van der Waals surface area (Å²) in [5.41, 5.74) is 2.02. The average Bonchev–Trinajstić information content (AvgIpc) is 3.06. The van der Waals surface area contributed by atoms with Gasteiger partial charge in [0.05, 0.1) is 0 Å². The van der Waals surface area contributed by atoms with E-state index in [0.29, 0.717) is 0 Å². The molecule has 0 saturated carbocycles. The van der Waals surface area contributed by atoms with Crippen molar-refractivity contribution in [2.45, 2.75) is 24.3 Å². The van der Waals surface area contributed by atoms with Crippen LogP contribution in [0.15, 0.2) is 50.2 Å². The van der Waals surface area contributed by atoms with E-state index in [1.807, 2.05) is 24.3 Å². The minimum absolute atomic E-state index is 0.0115. The summed E-state index contributed by atoms with van der Waals surface area (Å²) in [4.78, 5) is 2.31. The van der Waals surface area contributed by atoms with Crippen LogP contribution in [0, 0.1) is 5.82 Å². The summed E-state index contributed by atoms with van der Waals surface area (Å²) in [6.07, 6.45) is 2.42. The molecule has 1 N–H and O–H groups in total. The van der Waals surface area contributed by atoms with E-state index in [2.05, 4.69) is 41.5 Å². The zero-order chi connectivity index (χ0) is 18.0. The molecule has 1 aliphatic heterocycles. The Balaban J connectivity index is 1.72. The number of hydrogen-bond donors (Lipinski definition) is 1. The molecule has 0 bridgehead atoms. The molecular weight excluding hydrogens is 475 g/mol. The van der Waals surface area contributed by atoms with E-state index in [1.54, 1.807) is 0 Å². The molecule has 8 heteroatoms. The van der Waals surface area contributed by atoms with Gasteiger partial charge in [-0.25, -0.2) is 17.5 Å². The van der Waals surface area contributed by atoms with Crippen molar-refractivity contribution in [3.05, 3.63) is 56.7 Å². The minimum Gasteiger partial charge on any atom is -0.372 e. The summed E-state index contributed by atoms with van der Waals surface area (Å²) >= 11 is 6.23. The Morgan fingerprint density at radius 2 is 1.60 bits per heavy atom. The van der Waals surface area contributed by atoms with Crippen LogP contribution in [-0.4, -0.2) is 21.5 Å². The van der Waals surface area contributed by atoms with Crippen LogP contribution in [0.5, 0.6) is 0 Å². The van der Waals surface area contributed by atoms with Gasteiger partial charge in [-0.2, -0.15) is 0 Å². The van der Waals surface area contributed by atoms with Gasteiger partial charge in [-0.15, -0.1) is 0 Å². The SMILES string of the molecule is O=S(=O)(NCc1ccc(N2CCCC2)cc1)c1c(Br)cc(F)cc1Br. The summed E-state index contributed by atoms with van der Waals surface area (Å²) in [5.74, 6) is -0.518. The summed E-state index contributed by atoms with van der Waals surface area (Å²) in [6.45, 7) is 2.30. The number of nitrogens with one attached hydrogen (secondary N) is 1. The van der Waals surface area contributed by atoms with Crippen molar-refractivity contribution in [3.8, 4) is 0 Å². The molecule has 1 saturated heterocycles. The highest BCUT2D eigenvalue weighted by molar-refractivity contribution is 9.11. The molecule has 0 aliphatic carbocycles. The number of hydrogen-bond acceptors (Lipinski definition) is 3. The molecule has 0 unspecified atom stereocenters. The van der Waals surface area contributed by atoms with Crippen molar-refractivity contribution in [3.63, 3.8) is 0 Å². The molecule has 0 radical (unpaired) electrons. The van der Waals surface area contributed by atoms with E-state index < -0.39 is 15.8 Å². The highest BCUT2D eigenvalue weighted by atomic mass is 79.9. The first-order chi connectivity index (χ1) is 11.9. The normalized spacial score (nSPS) is 14.9. The molecular formula is C17H17Br2FN2O2S. The van der Waals surface area contributed by atoms with Crippen LogP contribution in [-0.2, 0) is 16.6 Å². The van der Waals surface area contributed by atoms with E-state index >= 15 is 0 Å². The molecule has 3 rings (SSSR count). The maximum absolute atomic E-state index is 13.3. The summed E-state index contributed by atoms with van der Waals surface area (Å²) in [7, 11) is -3.78. The quantitative estimate of drug-likeness (QED) is 0.673. The Labute approximate surface area is 163 Å². The van der Waals surface area contributed by atoms with E-state index in [0.717, 1.165) is 36.5 Å². The molecule has 0 aromatic heterocycles. The second-order valence-electron chi connectivity index (χ2n) is 5.88. The third kappa shape index (κ3) is 4.42. The van der Waals surface area contributed by atoms with Crippen molar-refractivity contribution in [1.29, 1.82) is 0 Å². The zero-order valence-corrected chi connectivity index (χ0v) is 17.3. The number of halogens is 3. The van der Waals surface area contributed by atoms with E-state index in [-0.39, 0.29) is 20.4 Å². The van der Waals surface area contributed by atoms with Gasteiger partial charge in [0, 0.05) is 34.3 Å². The Hall–Kier alpha value is -0.960. The van der Waals surface area contributed by atoms with Gasteiger partial charge in [0.2, 0.25) is 10.0 Å². The van der Waals surface area contributed by atoms with Crippen molar-refractivity contribution in [2.75, 3.05) is 18.0 Å². The minimum atomic E-state index is -3.78. The molecule has 0 amide bonds. The molecule has 134 valence electrons. The van der Waals surface area contributed by atoms with Crippen LogP contribution in [0.1, 0.15) is 18.4 Å². The summed E-state index contributed by atoms with van der Waals surface area (Å²) in [6, 6.07) is 10.1. The van der Waals surface area contributed by atoms with Crippen molar-refractivity contribution in [1.82, 2.24) is 4.72 Å². The number of sulfonamides is 1. The predicted octanol–water partition coefficient (Wildman–Crippen LogP) is 4.43. The van der Waals surface area contributed by atoms with Gasteiger partial charge in [0.15, 0.2) is 0 Å². The van der Waals surface area contributed by atoms with E-state index in [1.165, 1.54) is 12.8 Å². The average molecular weight is 492 g/mol. The topological polar surface area (TPSA) is 49.4 Å². The van der Waals surface area contributed by atoms with Gasteiger partial charge in [-0.3, -0.25) is 0 Å². The highest BCUT2D eigenvalue weighted by Crippen LogP contribution is 2.31. The first kappa shape index (κ1) is 18.8. The lowest BCUT2D eigenvalue weighted by Gasteiger charge is -2.18. The molecule has 1 heterocycles. The van der Waals surface area contributed by atoms with Gasteiger partial charge in [0.1, 0.15) is 10.7 Å².